The van der Waals surface area contributed by atoms with Gasteiger partial charge in [-0.05, 0) is 36.2 Å². The summed E-state index contributed by atoms with van der Waals surface area (Å²) in [6.45, 7) is 0.139. The summed E-state index contributed by atoms with van der Waals surface area (Å²) < 4.78 is 9.91. The summed E-state index contributed by atoms with van der Waals surface area (Å²) in [7, 11) is 1.29. The SMILES string of the molecule is COC(=O)[C@H](CCSc1ccc(Cl)cc1)NC(=O)OCc1ccccc1. The number of nitrogens with one attached hydrogen (secondary N) is 1. The molecule has 0 radical (unpaired) electrons. The van der Waals surface area contributed by atoms with Crippen LogP contribution in [0.25, 0.3) is 0 Å². The Balaban J connectivity index is 1.81. The Morgan fingerprint density at radius 3 is 2.46 bits per heavy atom. The molecule has 2 aromatic carbocycles. The highest BCUT2D eigenvalue weighted by atomic mass is 35.5. The third kappa shape index (κ3) is 6.98. The highest BCUT2D eigenvalue weighted by Crippen LogP contribution is 2.21. The second-order valence-corrected chi connectivity index (χ2v) is 6.98. The van der Waals surface area contributed by atoms with Crippen molar-refractivity contribution in [3.8, 4) is 0 Å². The largest absolute Gasteiger partial charge is 0.467 e. The van der Waals surface area contributed by atoms with E-state index >= 15 is 0 Å². The number of esters is 1. The second-order valence-electron chi connectivity index (χ2n) is 5.37. The van der Waals surface area contributed by atoms with E-state index in [2.05, 4.69) is 5.32 Å². The number of halogens is 1. The van der Waals surface area contributed by atoms with Gasteiger partial charge < -0.3 is 14.8 Å². The van der Waals surface area contributed by atoms with Gasteiger partial charge in [-0.1, -0.05) is 41.9 Å². The molecule has 0 spiro atoms. The molecule has 0 aliphatic rings. The summed E-state index contributed by atoms with van der Waals surface area (Å²) >= 11 is 7.42. The first-order valence-corrected chi connectivity index (χ1v) is 9.38. The predicted molar refractivity (Wildman–Crippen MR) is 102 cm³/mol. The average molecular weight is 394 g/mol. The molecule has 0 saturated heterocycles. The Bertz CT molecular complexity index is 709. The normalized spacial score (nSPS) is 11.5. The van der Waals surface area contributed by atoms with Crippen LogP contribution in [0.4, 0.5) is 4.79 Å². The molecule has 0 saturated carbocycles. The second kappa shape index (κ2) is 10.7. The van der Waals surface area contributed by atoms with E-state index in [-0.39, 0.29) is 6.61 Å². The van der Waals surface area contributed by atoms with Gasteiger partial charge in [0.2, 0.25) is 0 Å². The zero-order valence-corrected chi connectivity index (χ0v) is 15.9. The number of rotatable bonds is 8. The zero-order valence-electron chi connectivity index (χ0n) is 14.3. The van der Waals surface area contributed by atoms with Crippen molar-refractivity contribution in [2.45, 2.75) is 24.0 Å². The molecule has 26 heavy (non-hydrogen) atoms. The van der Waals surface area contributed by atoms with E-state index in [0.717, 1.165) is 10.5 Å². The molecule has 2 aromatic rings. The monoisotopic (exact) mass is 393 g/mol. The molecule has 1 atom stereocenters. The molecule has 7 heteroatoms. The summed E-state index contributed by atoms with van der Waals surface area (Å²) in [4.78, 5) is 24.9. The van der Waals surface area contributed by atoms with E-state index in [4.69, 9.17) is 21.1 Å². The first kappa shape index (κ1) is 20.1. The van der Waals surface area contributed by atoms with Gasteiger partial charge in [-0.3, -0.25) is 0 Å². The van der Waals surface area contributed by atoms with Gasteiger partial charge in [-0.15, -0.1) is 11.8 Å². The fourth-order valence-electron chi connectivity index (χ4n) is 2.12. The summed E-state index contributed by atoms with van der Waals surface area (Å²) in [5.41, 5.74) is 0.871. The minimum absolute atomic E-state index is 0.139. The highest BCUT2D eigenvalue weighted by molar-refractivity contribution is 7.99. The molecule has 2 rings (SSSR count). The maximum atomic E-state index is 12.0. The van der Waals surface area contributed by atoms with Gasteiger partial charge in [-0.25, -0.2) is 9.59 Å². The summed E-state index contributed by atoms with van der Waals surface area (Å²) in [6.07, 6.45) is -0.235. The lowest BCUT2D eigenvalue weighted by molar-refractivity contribution is -0.143. The first-order valence-electron chi connectivity index (χ1n) is 8.02. The Labute approximate surface area is 162 Å². The van der Waals surface area contributed by atoms with E-state index in [1.54, 1.807) is 23.9 Å². The lowest BCUT2D eigenvalue weighted by Crippen LogP contribution is -2.42. The Hall–Kier alpha value is -2.18. The smallest absolute Gasteiger partial charge is 0.408 e. The van der Waals surface area contributed by atoms with Crippen LogP contribution in [0.15, 0.2) is 59.5 Å². The molecular weight excluding hydrogens is 374 g/mol. The van der Waals surface area contributed by atoms with Crippen LogP contribution >= 0.6 is 23.4 Å². The molecule has 1 N–H and O–H groups in total. The maximum absolute atomic E-state index is 12.0. The fourth-order valence-corrected chi connectivity index (χ4v) is 3.17. The summed E-state index contributed by atoms with van der Waals surface area (Å²) in [5, 5.41) is 3.23. The molecule has 0 aliphatic heterocycles. The lowest BCUT2D eigenvalue weighted by atomic mass is 10.2. The Morgan fingerprint density at radius 1 is 1.12 bits per heavy atom. The van der Waals surface area contributed by atoms with Crippen LogP contribution in [0.5, 0.6) is 0 Å². The number of hydrogen-bond acceptors (Lipinski definition) is 5. The number of thioether (sulfide) groups is 1. The van der Waals surface area contributed by atoms with Crippen LogP contribution in [0.1, 0.15) is 12.0 Å². The van der Waals surface area contributed by atoms with Crippen LogP contribution in [0.3, 0.4) is 0 Å². The zero-order chi connectivity index (χ0) is 18.8. The minimum Gasteiger partial charge on any atom is -0.467 e. The number of hydrogen-bond donors (Lipinski definition) is 1. The number of amides is 1. The van der Waals surface area contributed by atoms with Gasteiger partial charge in [0, 0.05) is 15.7 Å². The van der Waals surface area contributed by atoms with Gasteiger partial charge in [0.05, 0.1) is 7.11 Å². The van der Waals surface area contributed by atoms with Gasteiger partial charge in [-0.2, -0.15) is 0 Å². The van der Waals surface area contributed by atoms with E-state index in [1.807, 2.05) is 42.5 Å². The molecule has 0 heterocycles. The topological polar surface area (TPSA) is 64.6 Å². The van der Waals surface area contributed by atoms with Crippen molar-refractivity contribution in [1.82, 2.24) is 5.32 Å². The average Bonchev–Trinajstić information content (AvgIpc) is 2.67. The van der Waals surface area contributed by atoms with Crippen molar-refractivity contribution >= 4 is 35.4 Å². The van der Waals surface area contributed by atoms with Crippen LogP contribution in [0, 0.1) is 0 Å². The van der Waals surface area contributed by atoms with Crippen LogP contribution in [0.2, 0.25) is 5.02 Å². The molecule has 0 aromatic heterocycles. The first-order chi connectivity index (χ1) is 12.6. The lowest BCUT2D eigenvalue weighted by Gasteiger charge is -2.16. The molecule has 5 nitrogen and oxygen atoms in total. The third-order valence-electron chi connectivity index (χ3n) is 3.48. The number of benzene rings is 2. The fraction of sp³-hybridized carbons (Fsp3) is 0.263. The van der Waals surface area contributed by atoms with Crippen molar-refractivity contribution in [1.29, 1.82) is 0 Å². The van der Waals surface area contributed by atoms with E-state index in [9.17, 15) is 9.59 Å². The molecule has 0 aliphatic carbocycles. The standard InChI is InChI=1S/C19H20ClNO4S/c1-24-18(22)17(11-12-26-16-9-7-15(20)8-10-16)21-19(23)25-13-14-5-3-2-4-6-14/h2-10,17H,11-13H2,1H3,(H,21,23)/t17-/m0/s1. The number of ether oxygens (including phenoxy) is 2. The highest BCUT2D eigenvalue weighted by Gasteiger charge is 2.22. The van der Waals surface area contributed by atoms with Crippen LogP contribution in [-0.4, -0.2) is 31.0 Å². The van der Waals surface area contributed by atoms with Crippen molar-refractivity contribution in [3.05, 3.63) is 65.2 Å². The van der Waals surface area contributed by atoms with E-state index < -0.39 is 18.1 Å². The maximum Gasteiger partial charge on any atom is 0.408 e. The number of carbonyl (C=O) groups is 2. The van der Waals surface area contributed by atoms with E-state index in [0.29, 0.717) is 17.2 Å². The predicted octanol–water partition coefficient (Wildman–Crippen LogP) is 4.29. The Morgan fingerprint density at radius 2 is 1.81 bits per heavy atom. The molecule has 138 valence electrons. The molecule has 1 amide bonds. The molecular formula is C19H20ClNO4S. The van der Waals surface area contributed by atoms with Gasteiger partial charge in [0.15, 0.2) is 0 Å². The molecule has 0 bridgehead atoms. The summed E-state index contributed by atoms with van der Waals surface area (Å²) in [5.74, 6) is 0.124. The minimum atomic E-state index is -0.761. The van der Waals surface area contributed by atoms with Crippen molar-refractivity contribution in [2.75, 3.05) is 12.9 Å². The number of methoxy groups -OCH3 is 1. The van der Waals surface area contributed by atoms with Crippen molar-refractivity contribution in [2.24, 2.45) is 0 Å². The van der Waals surface area contributed by atoms with Crippen molar-refractivity contribution < 1.29 is 19.1 Å². The van der Waals surface area contributed by atoms with Crippen LogP contribution in [-0.2, 0) is 20.9 Å². The number of alkyl carbamates (subject to hydrolysis) is 1. The van der Waals surface area contributed by atoms with Crippen LogP contribution < -0.4 is 5.32 Å². The summed E-state index contributed by atoms with van der Waals surface area (Å²) in [6, 6.07) is 16.0. The number of carbonyl (C=O) groups excluding carboxylic acids is 2. The van der Waals surface area contributed by atoms with Crippen molar-refractivity contribution in [3.63, 3.8) is 0 Å². The van der Waals surface area contributed by atoms with Gasteiger partial charge in [0.25, 0.3) is 0 Å². The van der Waals surface area contributed by atoms with Gasteiger partial charge in [0.1, 0.15) is 12.6 Å². The quantitative estimate of drug-likeness (QED) is 0.535. The molecule has 0 fully saturated rings. The Kier molecular flexibility index (Phi) is 8.31. The van der Waals surface area contributed by atoms with E-state index in [1.165, 1.54) is 7.11 Å². The molecule has 0 unspecified atom stereocenters. The third-order valence-corrected chi connectivity index (χ3v) is 4.78. The van der Waals surface area contributed by atoms with Gasteiger partial charge >= 0.3 is 12.1 Å².